The predicted octanol–water partition coefficient (Wildman–Crippen LogP) is 8.14. The van der Waals surface area contributed by atoms with Crippen LogP contribution in [0.4, 0.5) is 11.4 Å². The number of aliphatic imine (C=N–C) groups is 2. The second-order valence-electron chi connectivity index (χ2n) is 7.82. The monoisotopic (exact) mass is 434 g/mol. The molecule has 0 spiro atoms. The molecule has 0 aromatic heterocycles. The van der Waals surface area contributed by atoms with E-state index in [1.54, 1.807) is 0 Å². The van der Waals surface area contributed by atoms with Gasteiger partial charge in [0.25, 0.3) is 0 Å². The average Bonchev–Trinajstić information content (AvgIpc) is 2.68. The van der Waals surface area contributed by atoms with Crippen LogP contribution in [0.3, 0.4) is 0 Å². The molecule has 3 heteroatoms. The van der Waals surface area contributed by atoms with Gasteiger partial charge in [-0.2, -0.15) is 0 Å². The van der Waals surface area contributed by atoms with Crippen molar-refractivity contribution < 1.29 is 16.5 Å². The van der Waals surface area contributed by atoms with Gasteiger partial charge in [-0.05, 0) is 93.5 Å². The van der Waals surface area contributed by atoms with Crippen molar-refractivity contribution in [3.63, 3.8) is 0 Å². The number of unbranched alkanes of at least 4 members (excludes halogenated alkanes) is 3. The van der Waals surface area contributed by atoms with Crippen LogP contribution < -0.4 is 0 Å². The molecule has 29 heavy (non-hydrogen) atoms. The van der Waals surface area contributed by atoms with Crippen LogP contribution in [-0.2, 0) is 16.5 Å². The van der Waals surface area contributed by atoms with Gasteiger partial charge in [0.1, 0.15) is 0 Å². The number of hydrogen-bond donors (Lipinski definition) is 0. The van der Waals surface area contributed by atoms with Crippen molar-refractivity contribution in [1.82, 2.24) is 0 Å². The molecule has 0 bridgehead atoms. The summed E-state index contributed by atoms with van der Waals surface area (Å²) in [4.78, 5) is 10.1. The Kier molecular flexibility index (Phi) is 11.1. The minimum absolute atomic E-state index is 0. The van der Waals surface area contributed by atoms with Crippen molar-refractivity contribution in [1.29, 1.82) is 0 Å². The van der Waals surface area contributed by atoms with Gasteiger partial charge >= 0.3 is 0 Å². The van der Waals surface area contributed by atoms with E-state index in [0.29, 0.717) is 0 Å². The van der Waals surface area contributed by atoms with E-state index < -0.39 is 0 Å². The van der Waals surface area contributed by atoms with E-state index >= 15 is 0 Å². The Morgan fingerprint density at radius 1 is 0.655 bits per heavy atom. The topological polar surface area (TPSA) is 24.7 Å². The molecule has 0 radical (unpaired) electrons. The Morgan fingerprint density at radius 3 is 1.62 bits per heavy atom. The molecular weight excluding hydrogens is 399 g/mol. The summed E-state index contributed by atoms with van der Waals surface area (Å²) >= 11 is 0. The van der Waals surface area contributed by atoms with Gasteiger partial charge in [-0.15, -0.1) is 0 Å². The molecule has 0 fully saturated rings. The van der Waals surface area contributed by atoms with Gasteiger partial charge in [0.2, 0.25) is 0 Å². The van der Waals surface area contributed by atoms with Crippen molar-refractivity contribution in [3.8, 4) is 0 Å². The Bertz CT molecular complexity index is 850. The van der Waals surface area contributed by atoms with Gasteiger partial charge in [0.05, 0.1) is 22.8 Å². The number of rotatable bonds is 9. The first kappa shape index (κ1) is 25.3. The molecule has 0 unspecified atom stereocenters. The van der Waals surface area contributed by atoms with Gasteiger partial charge in [-0.25, -0.2) is 0 Å². The quantitative estimate of drug-likeness (QED) is 0.216. The molecule has 2 rings (SSSR count). The molecule has 160 valence electrons. The molecule has 0 atom stereocenters. The Balaban J connectivity index is 0.00000420. The second-order valence-corrected chi connectivity index (χ2v) is 7.82. The molecule has 0 N–H and O–H groups in total. The van der Waals surface area contributed by atoms with Crippen LogP contribution in [0.2, 0.25) is 0 Å². The average molecular weight is 435 g/mol. The summed E-state index contributed by atoms with van der Waals surface area (Å²) in [5.74, 6) is 0. The maximum absolute atomic E-state index is 5.05. The first-order chi connectivity index (χ1) is 13.4. The van der Waals surface area contributed by atoms with Crippen LogP contribution in [0.1, 0.15) is 74.6 Å². The fraction of sp³-hybridized carbons (Fsp3) is 0.462. The Labute approximate surface area is 187 Å². The van der Waals surface area contributed by atoms with Gasteiger partial charge in [-0.1, -0.05) is 45.2 Å². The Hall–Kier alpha value is -1.73. The molecular formula is C26H36N2Ni. The van der Waals surface area contributed by atoms with E-state index in [1.165, 1.54) is 47.9 Å². The van der Waals surface area contributed by atoms with E-state index in [1.807, 2.05) is 0 Å². The van der Waals surface area contributed by atoms with Gasteiger partial charge in [-0.3, -0.25) is 9.98 Å². The van der Waals surface area contributed by atoms with E-state index in [2.05, 4.69) is 77.9 Å². The minimum Gasteiger partial charge on any atom is -0.252 e. The van der Waals surface area contributed by atoms with Gasteiger partial charge in [0, 0.05) is 16.5 Å². The third-order valence-electron chi connectivity index (χ3n) is 5.44. The van der Waals surface area contributed by atoms with E-state index in [4.69, 9.17) is 9.98 Å². The zero-order valence-electron chi connectivity index (χ0n) is 18.9. The molecule has 0 aliphatic rings. The number of hydrogen-bond acceptors (Lipinski definition) is 2. The van der Waals surface area contributed by atoms with Crippen molar-refractivity contribution >= 4 is 22.8 Å². The summed E-state index contributed by atoms with van der Waals surface area (Å²) in [6.45, 7) is 13.0. The Morgan fingerprint density at radius 2 is 1.17 bits per heavy atom. The van der Waals surface area contributed by atoms with Crippen LogP contribution in [0.5, 0.6) is 0 Å². The zero-order valence-corrected chi connectivity index (χ0v) is 19.9. The van der Waals surface area contributed by atoms with Crippen LogP contribution >= 0.6 is 0 Å². The van der Waals surface area contributed by atoms with E-state index in [-0.39, 0.29) is 16.5 Å². The molecule has 0 heterocycles. The second kappa shape index (κ2) is 12.8. The molecule has 0 aliphatic heterocycles. The van der Waals surface area contributed by atoms with E-state index in [9.17, 15) is 0 Å². The maximum atomic E-state index is 5.05. The van der Waals surface area contributed by atoms with Crippen LogP contribution in [-0.4, -0.2) is 11.4 Å². The molecule has 2 aromatic carbocycles. The third kappa shape index (κ3) is 7.90. The molecule has 0 saturated heterocycles. The first-order valence-electron chi connectivity index (χ1n) is 10.7. The normalized spacial score (nSPS) is 12.1. The van der Waals surface area contributed by atoms with E-state index in [0.717, 1.165) is 35.6 Å². The van der Waals surface area contributed by atoms with Crippen LogP contribution in [0, 0.1) is 27.7 Å². The van der Waals surface area contributed by atoms with Crippen LogP contribution in [0.15, 0.2) is 46.4 Å². The smallest absolute Gasteiger partial charge is 0.0636 e. The zero-order chi connectivity index (χ0) is 20.5. The summed E-state index contributed by atoms with van der Waals surface area (Å²) in [6, 6.07) is 12.9. The summed E-state index contributed by atoms with van der Waals surface area (Å²) in [5.41, 5.74) is 9.50. The fourth-order valence-electron chi connectivity index (χ4n) is 3.23. The van der Waals surface area contributed by atoms with Gasteiger partial charge < -0.3 is 0 Å². The standard InChI is InChI=1S/C26H36N2.Ni/c1-7-9-10-11-12-26(28-24-16-14-20(4)22(6)18-24)25(8-2)27-23-15-13-19(3)21(5)17-23;/h13-18H,7-12H2,1-6H3;. The number of benzene rings is 2. The summed E-state index contributed by atoms with van der Waals surface area (Å²) in [7, 11) is 0. The molecule has 0 saturated carbocycles. The molecule has 2 aromatic rings. The minimum atomic E-state index is 0. The maximum Gasteiger partial charge on any atom is 0.0636 e. The molecule has 0 amide bonds. The SMILES string of the molecule is CCCCCCC(=Nc1ccc(C)c(C)c1)C(CC)=Nc1ccc(C)c(C)c1.[Ni]. The summed E-state index contributed by atoms with van der Waals surface area (Å²) < 4.78 is 0. The third-order valence-corrected chi connectivity index (χ3v) is 5.44. The van der Waals surface area contributed by atoms with Crippen LogP contribution in [0.25, 0.3) is 0 Å². The first-order valence-corrected chi connectivity index (χ1v) is 10.7. The van der Waals surface area contributed by atoms with Gasteiger partial charge in [0.15, 0.2) is 0 Å². The van der Waals surface area contributed by atoms with Crippen molar-refractivity contribution in [2.45, 2.75) is 80.1 Å². The number of nitrogens with zero attached hydrogens (tertiary/aromatic N) is 2. The summed E-state index contributed by atoms with van der Waals surface area (Å²) in [6.07, 6.45) is 6.84. The molecule has 0 aliphatic carbocycles. The van der Waals surface area contributed by atoms with Crippen molar-refractivity contribution in [3.05, 3.63) is 58.7 Å². The number of aryl methyl sites for hydroxylation is 4. The molecule has 2 nitrogen and oxygen atoms in total. The summed E-state index contributed by atoms with van der Waals surface area (Å²) in [5, 5.41) is 0. The fourth-order valence-corrected chi connectivity index (χ4v) is 3.23. The van der Waals surface area contributed by atoms with Crippen molar-refractivity contribution in [2.24, 2.45) is 9.98 Å². The predicted molar refractivity (Wildman–Crippen MR) is 125 cm³/mol. The van der Waals surface area contributed by atoms with Crippen molar-refractivity contribution in [2.75, 3.05) is 0 Å². The largest absolute Gasteiger partial charge is 0.252 e.